The van der Waals surface area contributed by atoms with Crippen molar-refractivity contribution in [1.29, 1.82) is 0 Å². The number of hydrogen-bond donors (Lipinski definition) is 1. The van der Waals surface area contributed by atoms with E-state index in [4.69, 9.17) is 4.74 Å². The van der Waals surface area contributed by atoms with Gasteiger partial charge in [-0.15, -0.1) is 0 Å². The quantitative estimate of drug-likeness (QED) is 0.222. The van der Waals surface area contributed by atoms with Gasteiger partial charge in [0.25, 0.3) is 0 Å². The normalized spacial score (nSPS) is 19.1. The summed E-state index contributed by atoms with van der Waals surface area (Å²) < 4.78 is 5.65. The van der Waals surface area contributed by atoms with Crippen molar-refractivity contribution in [3.8, 4) is 0 Å². The van der Waals surface area contributed by atoms with E-state index in [1.54, 1.807) is 0 Å². The highest BCUT2D eigenvalue weighted by atomic mass is 19.0. The Morgan fingerprint density at radius 3 is 1.96 bits per heavy atom. The molecule has 160 valence electrons. The molecule has 1 aliphatic heterocycles. The van der Waals surface area contributed by atoms with Crippen LogP contribution in [-0.4, -0.2) is 29.8 Å². The van der Waals surface area contributed by atoms with Crippen LogP contribution in [0.1, 0.15) is 110 Å². The second kappa shape index (κ2) is 17.2. The van der Waals surface area contributed by atoms with E-state index in [9.17, 15) is 5.11 Å². The van der Waals surface area contributed by atoms with Crippen LogP contribution in [0.3, 0.4) is 0 Å². The Kier molecular flexibility index (Phi) is 16.6. The SMILES string of the molecule is CCCCCCCC/C=C/CCCCCCCC1=NC(CC)(CO)CO1.F. The summed E-state index contributed by atoms with van der Waals surface area (Å²) in [7, 11) is 0. The number of aliphatic hydroxyl groups excluding tert-OH is 1. The van der Waals surface area contributed by atoms with Gasteiger partial charge >= 0.3 is 0 Å². The molecule has 0 saturated heterocycles. The van der Waals surface area contributed by atoms with Gasteiger partial charge in [-0.05, 0) is 38.5 Å². The van der Waals surface area contributed by atoms with E-state index in [-0.39, 0.29) is 16.9 Å². The number of hydrogen-bond acceptors (Lipinski definition) is 3. The molecule has 0 amide bonds. The minimum Gasteiger partial charge on any atom is -0.478 e. The third-order valence-corrected chi connectivity index (χ3v) is 5.47. The highest BCUT2D eigenvalue weighted by Crippen LogP contribution is 2.24. The molecule has 1 N–H and O–H groups in total. The summed E-state index contributed by atoms with van der Waals surface area (Å²) in [6.07, 6.45) is 23.7. The number of unbranched alkanes of at least 4 members (excludes halogenated alkanes) is 11. The van der Waals surface area contributed by atoms with Gasteiger partial charge in [0.2, 0.25) is 0 Å². The van der Waals surface area contributed by atoms with Crippen molar-refractivity contribution >= 4 is 5.90 Å². The van der Waals surface area contributed by atoms with E-state index < -0.39 is 0 Å². The second-order valence-corrected chi connectivity index (χ2v) is 7.86. The van der Waals surface area contributed by atoms with Crippen LogP contribution in [0.5, 0.6) is 0 Å². The molecule has 1 heterocycles. The summed E-state index contributed by atoms with van der Waals surface area (Å²) >= 11 is 0. The predicted molar refractivity (Wildman–Crippen MR) is 115 cm³/mol. The minimum absolute atomic E-state index is 0. The Morgan fingerprint density at radius 1 is 0.889 bits per heavy atom. The first-order valence-corrected chi connectivity index (χ1v) is 11.2. The fourth-order valence-electron chi connectivity index (χ4n) is 3.40. The van der Waals surface area contributed by atoms with Crippen molar-refractivity contribution in [3.05, 3.63) is 12.2 Å². The van der Waals surface area contributed by atoms with E-state index >= 15 is 0 Å². The first kappa shape index (κ1) is 26.1. The molecular formula is C23H44FNO2. The standard InChI is InChI=1S/C23H43NO2.FH/c1-3-5-6-7-8-9-10-11-12-13-14-15-16-17-18-19-22-24-23(4-2,20-25)21-26-22;/h11-12,25H,3-10,13-21H2,1-2H3;1H/b12-11+;. The number of halogens is 1. The lowest BCUT2D eigenvalue weighted by atomic mass is 10.0. The van der Waals surface area contributed by atoms with Crippen LogP contribution in [0.25, 0.3) is 0 Å². The number of ether oxygens (including phenoxy) is 1. The molecule has 0 aromatic heterocycles. The number of aliphatic imine (C=N–C) groups is 1. The minimum atomic E-state index is -0.350. The van der Waals surface area contributed by atoms with E-state index in [1.807, 2.05) is 0 Å². The zero-order valence-electron chi connectivity index (χ0n) is 17.9. The number of nitrogens with zero attached hydrogens (tertiary/aromatic N) is 1. The number of aliphatic hydroxyl groups is 1. The molecule has 0 fully saturated rings. The molecule has 1 unspecified atom stereocenters. The van der Waals surface area contributed by atoms with E-state index in [0.717, 1.165) is 25.2 Å². The van der Waals surface area contributed by atoms with E-state index in [2.05, 4.69) is 31.0 Å². The van der Waals surface area contributed by atoms with Crippen molar-refractivity contribution in [1.82, 2.24) is 0 Å². The highest BCUT2D eigenvalue weighted by molar-refractivity contribution is 5.78. The van der Waals surface area contributed by atoms with E-state index in [1.165, 1.54) is 77.0 Å². The van der Waals surface area contributed by atoms with Crippen LogP contribution < -0.4 is 0 Å². The molecule has 0 bridgehead atoms. The number of allylic oxidation sites excluding steroid dienone is 2. The Balaban J connectivity index is 0.00000676. The molecule has 1 aliphatic rings. The molecular weight excluding hydrogens is 341 g/mol. The summed E-state index contributed by atoms with van der Waals surface area (Å²) in [6.45, 7) is 4.99. The van der Waals surface area contributed by atoms with Gasteiger partial charge in [-0.2, -0.15) is 0 Å². The van der Waals surface area contributed by atoms with Crippen molar-refractivity contribution in [2.45, 2.75) is 116 Å². The third-order valence-electron chi connectivity index (χ3n) is 5.47. The molecule has 0 spiro atoms. The summed E-state index contributed by atoms with van der Waals surface area (Å²) in [4.78, 5) is 4.60. The van der Waals surface area contributed by atoms with Gasteiger partial charge in [0, 0.05) is 6.42 Å². The van der Waals surface area contributed by atoms with Crippen LogP contribution in [-0.2, 0) is 4.74 Å². The zero-order valence-corrected chi connectivity index (χ0v) is 17.9. The van der Waals surface area contributed by atoms with Gasteiger partial charge in [-0.3, -0.25) is 4.70 Å². The van der Waals surface area contributed by atoms with Crippen LogP contribution in [0.2, 0.25) is 0 Å². The van der Waals surface area contributed by atoms with Gasteiger partial charge in [0.15, 0.2) is 5.90 Å². The molecule has 3 nitrogen and oxygen atoms in total. The van der Waals surface area contributed by atoms with Crippen molar-refractivity contribution < 1.29 is 14.5 Å². The lowest BCUT2D eigenvalue weighted by Gasteiger charge is -2.17. The average Bonchev–Trinajstić information content (AvgIpc) is 3.09. The Bertz CT molecular complexity index is 392. The molecule has 4 heteroatoms. The molecule has 0 radical (unpaired) electrons. The third kappa shape index (κ3) is 12.2. The zero-order chi connectivity index (χ0) is 18.9. The Morgan fingerprint density at radius 2 is 1.44 bits per heavy atom. The van der Waals surface area contributed by atoms with Gasteiger partial charge in [0.1, 0.15) is 12.1 Å². The molecule has 0 saturated carbocycles. The highest BCUT2D eigenvalue weighted by Gasteiger charge is 2.33. The van der Waals surface area contributed by atoms with Crippen LogP contribution in [0.4, 0.5) is 4.70 Å². The van der Waals surface area contributed by atoms with Gasteiger partial charge in [0.05, 0.1) is 6.61 Å². The monoisotopic (exact) mass is 385 g/mol. The first-order chi connectivity index (χ1) is 12.8. The Hall–Kier alpha value is -0.900. The van der Waals surface area contributed by atoms with Gasteiger partial charge in [-0.25, -0.2) is 4.99 Å². The van der Waals surface area contributed by atoms with Crippen molar-refractivity contribution in [2.24, 2.45) is 4.99 Å². The smallest absolute Gasteiger partial charge is 0.184 e. The molecule has 1 atom stereocenters. The van der Waals surface area contributed by atoms with E-state index in [0.29, 0.717) is 6.61 Å². The topological polar surface area (TPSA) is 41.8 Å². The molecule has 0 aromatic rings. The van der Waals surface area contributed by atoms with Gasteiger partial charge < -0.3 is 9.84 Å². The average molecular weight is 386 g/mol. The Labute approximate surface area is 167 Å². The van der Waals surface area contributed by atoms with Crippen molar-refractivity contribution in [2.75, 3.05) is 13.2 Å². The maximum atomic E-state index is 9.45. The lowest BCUT2D eigenvalue weighted by Crippen LogP contribution is -2.31. The summed E-state index contributed by atoms with van der Waals surface area (Å²) in [5.74, 6) is 0.860. The molecule has 27 heavy (non-hydrogen) atoms. The fraction of sp³-hybridized carbons (Fsp3) is 0.870. The lowest BCUT2D eigenvalue weighted by molar-refractivity contribution is 0.153. The summed E-state index contributed by atoms with van der Waals surface area (Å²) in [6, 6.07) is 0. The second-order valence-electron chi connectivity index (χ2n) is 7.86. The summed E-state index contributed by atoms with van der Waals surface area (Å²) in [5, 5.41) is 9.45. The maximum absolute atomic E-state index is 9.45. The van der Waals surface area contributed by atoms with Crippen LogP contribution in [0.15, 0.2) is 17.1 Å². The first-order valence-electron chi connectivity index (χ1n) is 11.2. The predicted octanol–water partition coefficient (Wildman–Crippen LogP) is 6.75. The maximum Gasteiger partial charge on any atom is 0.184 e. The molecule has 0 aromatic carbocycles. The van der Waals surface area contributed by atoms with Crippen LogP contribution >= 0.6 is 0 Å². The van der Waals surface area contributed by atoms with Gasteiger partial charge in [-0.1, -0.05) is 77.4 Å². The molecule has 1 rings (SSSR count). The van der Waals surface area contributed by atoms with Crippen molar-refractivity contribution in [3.63, 3.8) is 0 Å². The van der Waals surface area contributed by atoms with Crippen LogP contribution in [0, 0.1) is 0 Å². The summed E-state index contributed by atoms with van der Waals surface area (Å²) in [5.41, 5.74) is -0.350. The fourth-order valence-corrected chi connectivity index (χ4v) is 3.40. The molecule has 0 aliphatic carbocycles. The number of rotatable bonds is 17. The largest absolute Gasteiger partial charge is 0.478 e.